The van der Waals surface area contributed by atoms with Gasteiger partial charge in [0.2, 0.25) is 5.91 Å². The fourth-order valence-corrected chi connectivity index (χ4v) is 2.88. The third-order valence-electron chi connectivity index (χ3n) is 4.50. The monoisotopic (exact) mass is 290 g/mol. The highest BCUT2D eigenvalue weighted by Gasteiger charge is 2.33. The second-order valence-electron chi connectivity index (χ2n) is 6.44. The number of carbonyl (C=O) groups is 1. The van der Waals surface area contributed by atoms with E-state index in [1.54, 1.807) is 0 Å². The fourth-order valence-electron chi connectivity index (χ4n) is 2.88. The molecular weight excluding hydrogens is 264 g/mol. The van der Waals surface area contributed by atoms with Gasteiger partial charge in [0.1, 0.15) is 0 Å². The molecule has 3 N–H and O–H groups in total. The van der Waals surface area contributed by atoms with Gasteiger partial charge in [0, 0.05) is 31.7 Å². The Bertz CT molecular complexity index is 474. The van der Waals surface area contributed by atoms with Gasteiger partial charge in [-0.05, 0) is 26.5 Å². The average molecular weight is 290 g/mol. The number of nitrogens with one attached hydrogen (secondary N) is 1. The first-order chi connectivity index (χ1) is 9.94. The van der Waals surface area contributed by atoms with Gasteiger partial charge in [0.15, 0.2) is 0 Å². The van der Waals surface area contributed by atoms with Crippen molar-refractivity contribution in [3.05, 3.63) is 35.9 Å². The lowest BCUT2D eigenvalue weighted by Gasteiger charge is -2.46. The van der Waals surface area contributed by atoms with Crippen molar-refractivity contribution in [2.24, 2.45) is 5.84 Å². The van der Waals surface area contributed by atoms with Gasteiger partial charge in [-0.1, -0.05) is 30.3 Å². The number of carbonyl (C=O) groups excluding carboxylic acids is 1. The Morgan fingerprint density at radius 3 is 2.57 bits per heavy atom. The molecule has 1 amide bonds. The molecule has 0 spiro atoms. The number of benzene rings is 1. The summed E-state index contributed by atoms with van der Waals surface area (Å²) in [5.74, 6) is 5.01. The van der Waals surface area contributed by atoms with Crippen molar-refractivity contribution < 1.29 is 4.79 Å². The molecule has 0 aromatic heterocycles. The number of nitrogens with two attached hydrogens (primary N) is 1. The third kappa shape index (κ3) is 3.81. The Morgan fingerprint density at radius 1 is 1.33 bits per heavy atom. The van der Waals surface area contributed by atoms with Gasteiger partial charge in [0.05, 0.1) is 5.92 Å². The van der Waals surface area contributed by atoms with Crippen LogP contribution in [0.3, 0.4) is 0 Å². The number of hydrogen-bond donors (Lipinski definition) is 2. The van der Waals surface area contributed by atoms with Crippen LogP contribution in [0.15, 0.2) is 30.3 Å². The van der Waals surface area contributed by atoms with Crippen molar-refractivity contribution in [1.82, 2.24) is 15.2 Å². The van der Waals surface area contributed by atoms with Gasteiger partial charge >= 0.3 is 0 Å². The van der Waals surface area contributed by atoms with Gasteiger partial charge in [-0.3, -0.25) is 20.0 Å². The smallest absolute Gasteiger partial charge is 0.242 e. The highest BCUT2D eigenvalue weighted by Crippen LogP contribution is 2.23. The zero-order valence-corrected chi connectivity index (χ0v) is 13.2. The summed E-state index contributed by atoms with van der Waals surface area (Å²) in [6.45, 7) is 8.11. The van der Waals surface area contributed by atoms with E-state index in [2.05, 4.69) is 36.1 Å². The number of amides is 1. The summed E-state index contributed by atoms with van der Waals surface area (Å²) >= 11 is 0. The molecule has 0 radical (unpaired) electrons. The van der Waals surface area contributed by atoms with Crippen molar-refractivity contribution in [3.63, 3.8) is 0 Å². The molecule has 0 bridgehead atoms. The van der Waals surface area contributed by atoms with Gasteiger partial charge in [0.25, 0.3) is 0 Å². The fraction of sp³-hybridized carbons (Fsp3) is 0.562. The molecule has 5 nitrogen and oxygen atoms in total. The van der Waals surface area contributed by atoms with Crippen molar-refractivity contribution in [3.8, 4) is 0 Å². The molecule has 1 fully saturated rings. The van der Waals surface area contributed by atoms with E-state index in [1.165, 1.54) is 0 Å². The van der Waals surface area contributed by atoms with Crippen LogP contribution >= 0.6 is 0 Å². The van der Waals surface area contributed by atoms with E-state index < -0.39 is 0 Å². The highest BCUT2D eigenvalue weighted by molar-refractivity contribution is 5.83. The zero-order valence-electron chi connectivity index (χ0n) is 13.2. The minimum atomic E-state index is -0.226. The molecule has 1 aliphatic rings. The molecule has 1 saturated heterocycles. The molecule has 1 aromatic carbocycles. The Balaban J connectivity index is 2.11. The molecule has 1 unspecified atom stereocenters. The van der Waals surface area contributed by atoms with Crippen LogP contribution in [0.2, 0.25) is 0 Å². The van der Waals surface area contributed by atoms with E-state index in [-0.39, 0.29) is 17.4 Å². The van der Waals surface area contributed by atoms with Gasteiger partial charge < -0.3 is 0 Å². The summed E-state index contributed by atoms with van der Waals surface area (Å²) in [4.78, 5) is 16.9. The van der Waals surface area contributed by atoms with Crippen molar-refractivity contribution in [2.75, 3.05) is 33.2 Å². The summed E-state index contributed by atoms with van der Waals surface area (Å²) in [6, 6.07) is 9.85. The first-order valence-corrected chi connectivity index (χ1v) is 7.43. The van der Waals surface area contributed by atoms with Crippen LogP contribution < -0.4 is 11.3 Å². The first kappa shape index (κ1) is 15.9. The molecule has 0 aliphatic carbocycles. The number of rotatable bonds is 4. The van der Waals surface area contributed by atoms with Crippen LogP contribution in [0.1, 0.15) is 25.3 Å². The lowest BCUT2D eigenvalue weighted by Crippen LogP contribution is -2.58. The summed E-state index contributed by atoms with van der Waals surface area (Å²) in [5, 5.41) is 0. The number of hydrogen-bond acceptors (Lipinski definition) is 4. The van der Waals surface area contributed by atoms with Crippen LogP contribution in [0.4, 0.5) is 0 Å². The maximum atomic E-state index is 12.1. The topological polar surface area (TPSA) is 61.6 Å². The number of hydrazine groups is 1. The first-order valence-electron chi connectivity index (χ1n) is 7.43. The van der Waals surface area contributed by atoms with E-state index in [0.717, 1.165) is 25.2 Å². The van der Waals surface area contributed by atoms with Gasteiger partial charge in [-0.25, -0.2) is 5.84 Å². The van der Waals surface area contributed by atoms with Crippen LogP contribution in [-0.2, 0) is 4.79 Å². The summed E-state index contributed by atoms with van der Waals surface area (Å²) in [5.41, 5.74) is 3.44. The molecule has 5 heteroatoms. The van der Waals surface area contributed by atoms with Gasteiger partial charge in [-0.15, -0.1) is 0 Å². The van der Waals surface area contributed by atoms with Crippen LogP contribution in [-0.4, -0.2) is 54.5 Å². The predicted octanol–water partition coefficient (Wildman–Crippen LogP) is 0.786. The Labute approximate surface area is 127 Å². The summed E-state index contributed by atoms with van der Waals surface area (Å²) in [6.07, 6.45) is 0. The van der Waals surface area contributed by atoms with E-state index >= 15 is 0 Å². The normalized spacial score (nSPS) is 21.0. The third-order valence-corrected chi connectivity index (χ3v) is 4.50. The average Bonchev–Trinajstić information content (AvgIpc) is 2.48. The highest BCUT2D eigenvalue weighted by atomic mass is 16.2. The molecule has 2 rings (SSSR count). The molecule has 0 saturated carbocycles. The lowest BCUT2D eigenvalue weighted by molar-refractivity contribution is -0.123. The lowest BCUT2D eigenvalue weighted by atomic mass is 9.94. The van der Waals surface area contributed by atoms with Crippen LogP contribution in [0.25, 0.3) is 0 Å². The van der Waals surface area contributed by atoms with Crippen LogP contribution in [0.5, 0.6) is 0 Å². The summed E-state index contributed by atoms with van der Waals surface area (Å²) in [7, 11) is 2.15. The van der Waals surface area contributed by atoms with Crippen molar-refractivity contribution in [2.45, 2.75) is 25.3 Å². The largest absolute Gasteiger partial charge is 0.299 e. The maximum Gasteiger partial charge on any atom is 0.242 e. The van der Waals surface area contributed by atoms with Crippen LogP contribution in [0, 0.1) is 0 Å². The molecule has 1 heterocycles. The zero-order chi connectivity index (χ0) is 15.5. The summed E-state index contributed by atoms with van der Waals surface area (Å²) < 4.78 is 0. The molecule has 1 aliphatic heterocycles. The van der Waals surface area contributed by atoms with Crippen molar-refractivity contribution in [1.29, 1.82) is 0 Å². The molecule has 116 valence electrons. The minimum absolute atomic E-state index is 0.124. The Kier molecular flexibility index (Phi) is 4.98. The Morgan fingerprint density at radius 2 is 2.00 bits per heavy atom. The second-order valence-corrected chi connectivity index (χ2v) is 6.44. The maximum absolute atomic E-state index is 12.1. The quantitative estimate of drug-likeness (QED) is 0.489. The number of piperazine rings is 1. The second kappa shape index (κ2) is 6.56. The standard InChI is InChI=1S/C16H26N4O/c1-16(2)12-20(10-9-19(16)3)11-14(15(21)18-17)13-7-5-4-6-8-13/h4-8,14H,9-12,17H2,1-3H3,(H,18,21). The number of nitrogens with zero attached hydrogens (tertiary/aromatic N) is 2. The molecule has 1 aromatic rings. The minimum Gasteiger partial charge on any atom is -0.299 e. The Hall–Kier alpha value is -1.43. The van der Waals surface area contributed by atoms with Crippen molar-refractivity contribution >= 4 is 5.91 Å². The van der Waals surface area contributed by atoms with E-state index in [1.807, 2.05) is 30.3 Å². The number of likely N-dealkylation sites (N-methyl/N-ethyl adjacent to an activating group) is 1. The molecule has 21 heavy (non-hydrogen) atoms. The van der Waals surface area contributed by atoms with E-state index in [4.69, 9.17) is 5.84 Å². The predicted molar refractivity (Wildman–Crippen MR) is 84.7 cm³/mol. The van der Waals surface area contributed by atoms with E-state index in [0.29, 0.717) is 6.54 Å². The SMILES string of the molecule is CN1CCN(CC(C(=O)NN)c2ccccc2)CC1(C)C. The van der Waals surface area contributed by atoms with Gasteiger partial charge in [-0.2, -0.15) is 0 Å². The van der Waals surface area contributed by atoms with E-state index in [9.17, 15) is 4.79 Å². The molecular formula is C16H26N4O. The molecule has 1 atom stereocenters.